The van der Waals surface area contributed by atoms with Crippen LogP contribution >= 0.6 is 0 Å². The van der Waals surface area contributed by atoms with Crippen LogP contribution in [0, 0.1) is 0 Å². The van der Waals surface area contributed by atoms with E-state index >= 15 is 0 Å². The van der Waals surface area contributed by atoms with Crippen molar-refractivity contribution in [2.45, 2.75) is 44.2 Å². The lowest BCUT2D eigenvalue weighted by Crippen LogP contribution is -2.28. The van der Waals surface area contributed by atoms with Crippen LogP contribution in [0.2, 0.25) is 0 Å². The second kappa shape index (κ2) is 6.18. The van der Waals surface area contributed by atoms with Gasteiger partial charge in [0.15, 0.2) is 0 Å². The summed E-state index contributed by atoms with van der Waals surface area (Å²) >= 11 is 0. The number of hydrogen-bond acceptors (Lipinski definition) is 2. The molecule has 0 saturated heterocycles. The summed E-state index contributed by atoms with van der Waals surface area (Å²) in [5.74, 6) is 0.806. The Morgan fingerprint density at radius 2 is 1.53 bits per heavy atom. The van der Waals surface area contributed by atoms with Gasteiger partial charge >= 0.3 is 0 Å². The average molecular weight is 232 g/mol. The average Bonchev–Trinajstić information content (AvgIpc) is 2.42. The van der Waals surface area contributed by atoms with Crippen LogP contribution in [0.3, 0.4) is 0 Å². The molecule has 1 fully saturated rings. The highest BCUT2D eigenvalue weighted by atomic mass is 15.1. The van der Waals surface area contributed by atoms with Crippen LogP contribution in [-0.2, 0) is 0 Å². The van der Waals surface area contributed by atoms with Gasteiger partial charge in [-0.2, -0.15) is 0 Å². The summed E-state index contributed by atoms with van der Waals surface area (Å²) in [7, 11) is 3.96. The van der Waals surface area contributed by atoms with Crippen molar-refractivity contribution in [3.05, 3.63) is 35.4 Å². The molecule has 1 aromatic rings. The van der Waals surface area contributed by atoms with Crippen LogP contribution in [0.1, 0.15) is 55.3 Å². The zero-order valence-electron chi connectivity index (χ0n) is 11.0. The molecule has 2 heteroatoms. The molecule has 2 N–H and O–H groups in total. The molecule has 1 saturated carbocycles. The lowest BCUT2D eigenvalue weighted by atomic mass is 9.84. The zero-order chi connectivity index (χ0) is 12.1. The van der Waals surface area contributed by atoms with E-state index in [0.29, 0.717) is 0 Å². The monoisotopic (exact) mass is 232 g/mol. The largest absolute Gasteiger partial charge is 0.301 e. The topological polar surface area (TPSA) is 24.1 Å². The first-order valence-corrected chi connectivity index (χ1v) is 6.79. The van der Waals surface area contributed by atoms with E-state index in [-0.39, 0.29) is 6.17 Å². The Hall–Kier alpha value is -0.860. The fraction of sp³-hybridized carbons (Fsp3) is 0.600. The highest BCUT2D eigenvalue weighted by molar-refractivity contribution is 5.27. The van der Waals surface area contributed by atoms with Crippen molar-refractivity contribution in [3.63, 3.8) is 0 Å². The normalized spacial score (nSPS) is 17.6. The molecule has 0 amide bonds. The van der Waals surface area contributed by atoms with Crippen LogP contribution < -0.4 is 10.6 Å². The number of nitrogens with one attached hydrogen (secondary N) is 2. The van der Waals surface area contributed by atoms with Crippen molar-refractivity contribution in [2.24, 2.45) is 0 Å². The Morgan fingerprint density at radius 1 is 0.941 bits per heavy atom. The molecule has 0 unspecified atom stereocenters. The fourth-order valence-electron chi connectivity index (χ4n) is 2.87. The summed E-state index contributed by atoms with van der Waals surface area (Å²) in [6.45, 7) is 0. The highest BCUT2D eigenvalue weighted by Crippen LogP contribution is 2.32. The van der Waals surface area contributed by atoms with E-state index in [1.165, 1.54) is 43.2 Å². The second-order valence-corrected chi connectivity index (χ2v) is 5.01. The summed E-state index contributed by atoms with van der Waals surface area (Å²) in [5, 5.41) is 6.51. The zero-order valence-corrected chi connectivity index (χ0v) is 11.0. The van der Waals surface area contributed by atoms with E-state index in [0.717, 1.165) is 5.92 Å². The van der Waals surface area contributed by atoms with Crippen molar-refractivity contribution in [2.75, 3.05) is 14.1 Å². The van der Waals surface area contributed by atoms with Crippen molar-refractivity contribution in [1.82, 2.24) is 10.6 Å². The molecule has 17 heavy (non-hydrogen) atoms. The summed E-state index contributed by atoms with van der Waals surface area (Å²) in [5.41, 5.74) is 2.84. The molecule has 0 aliphatic heterocycles. The van der Waals surface area contributed by atoms with E-state index in [1.807, 2.05) is 14.1 Å². The Labute approximate surface area is 105 Å². The van der Waals surface area contributed by atoms with Gasteiger partial charge in [0.2, 0.25) is 0 Å². The molecule has 2 nitrogen and oxygen atoms in total. The maximum atomic E-state index is 3.26. The summed E-state index contributed by atoms with van der Waals surface area (Å²) in [6, 6.07) is 9.13. The number of rotatable bonds is 4. The minimum absolute atomic E-state index is 0.260. The Morgan fingerprint density at radius 3 is 2.06 bits per heavy atom. The van der Waals surface area contributed by atoms with E-state index in [4.69, 9.17) is 0 Å². The molecule has 0 atom stereocenters. The second-order valence-electron chi connectivity index (χ2n) is 5.01. The Kier molecular flexibility index (Phi) is 4.57. The SMILES string of the molecule is CNC(NC)c1ccc(C2CCCCC2)cc1. The number of benzene rings is 1. The van der Waals surface area contributed by atoms with Gasteiger partial charge < -0.3 is 10.6 Å². The molecule has 0 aromatic heterocycles. The quantitative estimate of drug-likeness (QED) is 0.779. The van der Waals surface area contributed by atoms with E-state index in [2.05, 4.69) is 34.9 Å². The summed E-state index contributed by atoms with van der Waals surface area (Å²) in [6.07, 6.45) is 7.25. The third kappa shape index (κ3) is 3.08. The molecule has 2 rings (SSSR count). The molecular weight excluding hydrogens is 208 g/mol. The predicted molar refractivity (Wildman–Crippen MR) is 73.1 cm³/mol. The molecule has 1 aliphatic rings. The van der Waals surface area contributed by atoms with Gasteiger partial charge in [-0.05, 0) is 44.0 Å². The Bertz CT molecular complexity index is 321. The first-order valence-electron chi connectivity index (χ1n) is 6.79. The van der Waals surface area contributed by atoms with Crippen LogP contribution in [0.25, 0.3) is 0 Å². The van der Waals surface area contributed by atoms with Gasteiger partial charge in [0.1, 0.15) is 0 Å². The number of hydrogen-bond donors (Lipinski definition) is 2. The van der Waals surface area contributed by atoms with Crippen molar-refractivity contribution < 1.29 is 0 Å². The minimum Gasteiger partial charge on any atom is -0.301 e. The van der Waals surface area contributed by atoms with Gasteiger partial charge in [-0.1, -0.05) is 43.5 Å². The fourth-order valence-corrected chi connectivity index (χ4v) is 2.87. The maximum absolute atomic E-state index is 3.26. The van der Waals surface area contributed by atoms with Gasteiger partial charge in [0, 0.05) is 0 Å². The highest BCUT2D eigenvalue weighted by Gasteiger charge is 2.15. The predicted octanol–water partition coefficient (Wildman–Crippen LogP) is 3.17. The molecule has 0 heterocycles. The molecule has 1 aromatic carbocycles. The van der Waals surface area contributed by atoms with E-state index < -0.39 is 0 Å². The molecule has 1 aliphatic carbocycles. The lowest BCUT2D eigenvalue weighted by Gasteiger charge is -2.23. The first kappa shape index (κ1) is 12.6. The first-order chi connectivity index (χ1) is 8.35. The molecular formula is C15H24N2. The van der Waals surface area contributed by atoms with Crippen LogP contribution in [0.5, 0.6) is 0 Å². The maximum Gasteiger partial charge on any atom is 0.0830 e. The van der Waals surface area contributed by atoms with Crippen LogP contribution in [0.4, 0.5) is 0 Å². The van der Waals surface area contributed by atoms with Crippen molar-refractivity contribution in [1.29, 1.82) is 0 Å². The third-order valence-electron chi connectivity index (χ3n) is 3.92. The van der Waals surface area contributed by atoms with Gasteiger partial charge in [-0.25, -0.2) is 0 Å². The molecule has 94 valence electrons. The standard InChI is InChI=1S/C15H24N2/c1-16-15(17-2)14-10-8-13(9-11-14)12-6-4-3-5-7-12/h8-12,15-17H,3-7H2,1-2H3. The third-order valence-corrected chi connectivity index (χ3v) is 3.92. The van der Waals surface area contributed by atoms with Crippen LogP contribution in [0.15, 0.2) is 24.3 Å². The van der Waals surface area contributed by atoms with E-state index in [1.54, 1.807) is 0 Å². The summed E-state index contributed by atoms with van der Waals surface area (Å²) in [4.78, 5) is 0. The van der Waals surface area contributed by atoms with Gasteiger partial charge in [-0.3, -0.25) is 0 Å². The molecule has 0 spiro atoms. The molecule has 0 bridgehead atoms. The summed E-state index contributed by atoms with van der Waals surface area (Å²) < 4.78 is 0. The van der Waals surface area contributed by atoms with Gasteiger partial charge in [0.25, 0.3) is 0 Å². The van der Waals surface area contributed by atoms with Crippen molar-refractivity contribution in [3.8, 4) is 0 Å². The molecule has 0 radical (unpaired) electrons. The van der Waals surface area contributed by atoms with Crippen molar-refractivity contribution >= 4 is 0 Å². The van der Waals surface area contributed by atoms with E-state index in [9.17, 15) is 0 Å². The smallest absolute Gasteiger partial charge is 0.0830 e. The van der Waals surface area contributed by atoms with Crippen LogP contribution in [-0.4, -0.2) is 14.1 Å². The minimum atomic E-state index is 0.260. The van der Waals surface area contributed by atoms with Gasteiger partial charge in [-0.15, -0.1) is 0 Å². The van der Waals surface area contributed by atoms with Gasteiger partial charge in [0.05, 0.1) is 6.17 Å². The Balaban J connectivity index is 2.06. The lowest BCUT2D eigenvalue weighted by molar-refractivity contribution is 0.443.